The Morgan fingerprint density at radius 2 is 1.83 bits per heavy atom. The summed E-state index contributed by atoms with van der Waals surface area (Å²) in [6.07, 6.45) is 6.35. The first kappa shape index (κ1) is 19.2. The number of carbonyl (C=O) groups excluding carboxylic acids is 2. The molecule has 150 valence electrons. The molecule has 5 heteroatoms. The number of para-hydroxylation sites is 2. The second kappa shape index (κ2) is 8.11. The predicted octanol–water partition coefficient (Wildman–Crippen LogP) is 4.39. The van der Waals surface area contributed by atoms with Gasteiger partial charge in [0.1, 0.15) is 0 Å². The molecule has 2 aliphatic rings. The van der Waals surface area contributed by atoms with Crippen molar-refractivity contribution in [3.05, 3.63) is 65.4 Å². The van der Waals surface area contributed by atoms with Gasteiger partial charge in [0, 0.05) is 18.7 Å². The van der Waals surface area contributed by atoms with Crippen LogP contribution < -0.4 is 15.0 Å². The van der Waals surface area contributed by atoms with E-state index in [1.54, 1.807) is 30.2 Å². The number of hydrogen-bond donors (Lipinski definition) is 1. The molecule has 0 aromatic heterocycles. The van der Waals surface area contributed by atoms with Crippen molar-refractivity contribution in [1.29, 1.82) is 0 Å². The summed E-state index contributed by atoms with van der Waals surface area (Å²) in [4.78, 5) is 26.7. The molecule has 2 aromatic carbocycles. The number of likely N-dealkylation sites (N-methyl/N-ethyl adjacent to an activating group) is 1. The molecule has 5 nitrogen and oxygen atoms in total. The lowest BCUT2D eigenvalue weighted by Crippen LogP contribution is -2.41. The van der Waals surface area contributed by atoms with Gasteiger partial charge in [0.05, 0.1) is 5.69 Å². The van der Waals surface area contributed by atoms with Gasteiger partial charge < -0.3 is 15.0 Å². The Kier molecular flexibility index (Phi) is 5.38. The first-order valence-corrected chi connectivity index (χ1v) is 10.2. The number of amides is 2. The van der Waals surface area contributed by atoms with E-state index in [4.69, 9.17) is 4.74 Å². The van der Waals surface area contributed by atoms with Gasteiger partial charge >= 0.3 is 0 Å². The molecule has 1 heterocycles. The van der Waals surface area contributed by atoms with Gasteiger partial charge in [0.25, 0.3) is 11.8 Å². The number of rotatable bonds is 3. The Bertz CT molecular complexity index is 949. The first-order chi connectivity index (χ1) is 14.0. The average Bonchev–Trinajstić information content (AvgIpc) is 2.74. The molecule has 29 heavy (non-hydrogen) atoms. The number of fused-ring (bicyclic) bond motifs is 1. The van der Waals surface area contributed by atoms with E-state index in [2.05, 4.69) is 12.2 Å². The smallest absolute Gasteiger partial charge is 0.293 e. The summed E-state index contributed by atoms with van der Waals surface area (Å²) in [5.41, 5.74) is 2.19. The van der Waals surface area contributed by atoms with Crippen molar-refractivity contribution in [2.75, 3.05) is 11.9 Å². The fraction of sp³-hybridized carbons (Fsp3) is 0.333. The maximum Gasteiger partial charge on any atom is 0.293 e. The highest BCUT2D eigenvalue weighted by molar-refractivity contribution is 6.09. The molecule has 2 aromatic rings. The van der Waals surface area contributed by atoms with Crippen LogP contribution >= 0.6 is 0 Å². The number of benzene rings is 2. The molecule has 1 N–H and O–H groups in total. The average molecular weight is 390 g/mol. The third kappa shape index (κ3) is 4.04. The summed E-state index contributed by atoms with van der Waals surface area (Å²) < 4.78 is 5.80. The van der Waals surface area contributed by atoms with E-state index in [9.17, 15) is 9.59 Å². The van der Waals surface area contributed by atoms with Crippen molar-refractivity contribution in [3.8, 4) is 5.75 Å². The molecular weight excluding hydrogens is 364 g/mol. The number of anilines is 1. The van der Waals surface area contributed by atoms with Gasteiger partial charge in [-0.25, -0.2) is 0 Å². The summed E-state index contributed by atoms with van der Waals surface area (Å²) in [5.74, 6) is 1.20. The third-order valence-corrected chi connectivity index (χ3v) is 5.86. The van der Waals surface area contributed by atoms with Crippen LogP contribution in [0.4, 0.5) is 5.69 Å². The highest BCUT2D eigenvalue weighted by Gasteiger charge is 2.27. The van der Waals surface area contributed by atoms with Crippen molar-refractivity contribution in [1.82, 2.24) is 5.32 Å². The van der Waals surface area contributed by atoms with Crippen LogP contribution in [0.25, 0.3) is 6.08 Å². The zero-order valence-corrected chi connectivity index (χ0v) is 16.9. The predicted molar refractivity (Wildman–Crippen MR) is 114 cm³/mol. The van der Waals surface area contributed by atoms with Crippen LogP contribution in [0.15, 0.2) is 54.3 Å². The molecule has 0 radical (unpaired) electrons. The molecule has 2 atom stereocenters. The van der Waals surface area contributed by atoms with Crippen LogP contribution in [0.3, 0.4) is 0 Å². The first-order valence-electron chi connectivity index (χ1n) is 10.2. The molecular formula is C24H26N2O3. The van der Waals surface area contributed by atoms with Crippen LogP contribution in [0.2, 0.25) is 0 Å². The maximum atomic E-state index is 12.6. The highest BCUT2D eigenvalue weighted by Crippen LogP contribution is 2.34. The Labute approximate surface area is 171 Å². The fourth-order valence-corrected chi connectivity index (χ4v) is 4.01. The second-order valence-corrected chi connectivity index (χ2v) is 7.91. The van der Waals surface area contributed by atoms with Crippen molar-refractivity contribution in [2.45, 2.75) is 38.6 Å². The molecule has 4 rings (SSSR count). The number of carbonyl (C=O) groups is 2. The number of nitrogens with one attached hydrogen (secondary N) is 1. The molecule has 0 spiro atoms. The van der Waals surface area contributed by atoms with Crippen molar-refractivity contribution < 1.29 is 14.3 Å². The zero-order valence-electron chi connectivity index (χ0n) is 16.9. The van der Waals surface area contributed by atoms with Crippen LogP contribution in [0.1, 0.15) is 48.5 Å². The molecule has 1 aliphatic carbocycles. The minimum Gasteiger partial charge on any atom is -0.449 e. The van der Waals surface area contributed by atoms with E-state index in [1.807, 2.05) is 36.4 Å². The van der Waals surface area contributed by atoms with Crippen LogP contribution in [0.5, 0.6) is 5.75 Å². The van der Waals surface area contributed by atoms with Crippen molar-refractivity contribution in [3.63, 3.8) is 0 Å². The Hall–Kier alpha value is -3.08. The van der Waals surface area contributed by atoms with E-state index in [-0.39, 0.29) is 23.6 Å². The summed E-state index contributed by atoms with van der Waals surface area (Å²) in [5, 5.41) is 3.17. The Morgan fingerprint density at radius 1 is 1.10 bits per heavy atom. The lowest BCUT2D eigenvalue weighted by atomic mass is 9.86. The largest absolute Gasteiger partial charge is 0.449 e. The van der Waals surface area contributed by atoms with E-state index >= 15 is 0 Å². The van der Waals surface area contributed by atoms with Gasteiger partial charge in [-0.1, -0.05) is 44.0 Å². The number of hydrogen-bond acceptors (Lipinski definition) is 3. The van der Waals surface area contributed by atoms with Gasteiger partial charge in [-0.15, -0.1) is 0 Å². The molecule has 1 saturated carbocycles. The van der Waals surface area contributed by atoms with Gasteiger partial charge in [0.15, 0.2) is 11.5 Å². The summed E-state index contributed by atoms with van der Waals surface area (Å²) in [7, 11) is 1.73. The standard InChI is InChI=1S/C24H26N2O3/c1-16-7-3-4-8-19(16)25-23(27)18-13-11-17(12-14-18)15-22-24(28)26(2)20-9-5-6-10-21(20)29-22/h5-6,9-16,19H,3-4,7-8H2,1-2H3,(H,25,27)/b22-15-/t16-,19+/m0/s1. The lowest BCUT2D eigenvalue weighted by Gasteiger charge is -2.29. The number of nitrogens with zero attached hydrogens (tertiary/aromatic N) is 1. The number of ether oxygens (including phenoxy) is 1. The zero-order chi connectivity index (χ0) is 20.4. The van der Waals surface area contributed by atoms with E-state index in [0.717, 1.165) is 17.7 Å². The molecule has 2 amide bonds. The van der Waals surface area contributed by atoms with Gasteiger partial charge in [-0.3, -0.25) is 9.59 Å². The van der Waals surface area contributed by atoms with E-state index in [1.165, 1.54) is 19.3 Å². The summed E-state index contributed by atoms with van der Waals surface area (Å²) in [6.45, 7) is 2.20. The molecule has 0 bridgehead atoms. The fourth-order valence-electron chi connectivity index (χ4n) is 4.01. The molecule has 0 unspecified atom stereocenters. The lowest BCUT2D eigenvalue weighted by molar-refractivity contribution is -0.117. The topological polar surface area (TPSA) is 58.6 Å². The molecule has 1 fully saturated rings. The monoisotopic (exact) mass is 390 g/mol. The second-order valence-electron chi connectivity index (χ2n) is 7.91. The van der Waals surface area contributed by atoms with Crippen LogP contribution in [0, 0.1) is 5.92 Å². The van der Waals surface area contributed by atoms with Crippen molar-refractivity contribution in [2.24, 2.45) is 5.92 Å². The van der Waals surface area contributed by atoms with Gasteiger partial charge in [-0.2, -0.15) is 0 Å². The molecule has 0 saturated heterocycles. The van der Waals surface area contributed by atoms with Crippen LogP contribution in [-0.4, -0.2) is 24.9 Å². The Balaban J connectivity index is 1.48. The van der Waals surface area contributed by atoms with Gasteiger partial charge in [0.2, 0.25) is 0 Å². The van der Waals surface area contributed by atoms with Crippen molar-refractivity contribution >= 4 is 23.6 Å². The highest BCUT2D eigenvalue weighted by atomic mass is 16.5. The van der Waals surface area contributed by atoms with E-state index < -0.39 is 0 Å². The quantitative estimate of drug-likeness (QED) is 0.791. The van der Waals surface area contributed by atoms with Crippen LogP contribution in [-0.2, 0) is 4.79 Å². The summed E-state index contributed by atoms with van der Waals surface area (Å²) in [6, 6.07) is 14.9. The normalized spacial score (nSPS) is 22.8. The minimum absolute atomic E-state index is 0.0402. The minimum atomic E-state index is -0.197. The van der Waals surface area contributed by atoms with E-state index in [0.29, 0.717) is 17.2 Å². The maximum absolute atomic E-state index is 12.6. The summed E-state index contributed by atoms with van der Waals surface area (Å²) >= 11 is 0. The SMILES string of the molecule is C[C@H]1CCCC[C@H]1NC(=O)c1ccc(/C=C2\Oc3ccccc3N(C)C2=O)cc1. The Morgan fingerprint density at radius 3 is 2.59 bits per heavy atom. The molecule has 1 aliphatic heterocycles. The third-order valence-electron chi connectivity index (χ3n) is 5.86. The van der Waals surface area contributed by atoms with Gasteiger partial charge in [-0.05, 0) is 54.7 Å².